The van der Waals surface area contributed by atoms with Gasteiger partial charge in [-0.25, -0.2) is 9.78 Å². The van der Waals surface area contributed by atoms with Crippen molar-refractivity contribution in [2.75, 3.05) is 5.75 Å². The van der Waals surface area contributed by atoms with Crippen molar-refractivity contribution in [2.45, 2.75) is 6.42 Å². The van der Waals surface area contributed by atoms with Gasteiger partial charge in [0.15, 0.2) is 5.69 Å². The third kappa shape index (κ3) is 2.79. The molecule has 0 bridgehead atoms. The number of rotatable bonds is 2. The topological polar surface area (TPSA) is 50.2 Å². The molecule has 0 aliphatic heterocycles. The van der Waals surface area contributed by atoms with Crippen LogP contribution in [0.15, 0.2) is 18.3 Å². The zero-order chi connectivity index (χ0) is 10.4. The molecule has 0 saturated carbocycles. The maximum absolute atomic E-state index is 10.7. The highest BCUT2D eigenvalue weighted by Crippen LogP contribution is 2.03. The minimum atomic E-state index is -1.05. The second-order valence-corrected chi connectivity index (χ2v) is 2.93. The summed E-state index contributed by atoms with van der Waals surface area (Å²) in [5.41, 5.74) is 0.445. The van der Waals surface area contributed by atoms with Crippen molar-refractivity contribution >= 4 is 18.6 Å². The third-order valence-corrected chi connectivity index (χ3v) is 1.69. The van der Waals surface area contributed by atoms with Gasteiger partial charge in [0.25, 0.3) is 0 Å². The van der Waals surface area contributed by atoms with Crippen molar-refractivity contribution in [1.82, 2.24) is 4.98 Å². The zero-order valence-electron chi connectivity index (χ0n) is 7.40. The molecule has 1 heterocycles. The Labute approximate surface area is 87.6 Å². The molecule has 0 aliphatic rings. The molecule has 0 fully saturated rings. The van der Waals surface area contributed by atoms with Gasteiger partial charge in [0.05, 0.1) is 5.56 Å². The van der Waals surface area contributed by atoms with E-state index in [2.05, 4.69) is 29.5 Å². The lowest BCUT2D eigenvalue weighted by Gasteiger charge is -1.95. The number of carboxylic acids is 1. The zero-order valence-corrected chi connectivity index (χ0v) is 8.29. The highest BCUT2D eigenvalue weighted by molar-refractivity contribution is 7.80. The van der Waals surface area contributed by atoms with Crippen molar-refractivity contribution < 1.29 is 9.90 Å². The Morgan fingerprint density at radius 2 is 2.43 bits per heavy atom. The maximum Gasteiger partial charge on any atom is 0.355 e. The van der Waals surface area contributed by atoms with Gasteiger partial charge < -0.3 is 5.11 Å². The Kier molecular flexibility index (Phi) is 4.02. The molecule has 0 amide bonds. The molecule has 0 spiro atoms. The van der Waals surface area contributed by atoms with E-state index in [0.29, 0.717) is 17.7 Å². The summed E-state index contributed by atoms with van der Waals surface area (Å²) in [7, 11) is 0. The van der Waals surface area contributed by atoms with E-state index >= 15 is 0 Å². The molecule has 0 aromatic carbocycles. The van der Waals surface area contributed by atoms with Crippen molar-refractivity contribution in [3.63, 3.8) is 0 Å². The van der Waals surface area contributed by atoms with Gasteiger partial charge in [0, 0.05) is 18.4 Å². The number of hydrogen-bond acceptors (Lipinski definition) is 3. The average molecular weight is 207 g/mol. The summed E-state index contributed by atoms with van der Waals surface area (Å²) in [5.74, 6) is 5.18. The van der Waals surface area contributed by atoms with E-state index in [0.717, 1.165) is 0 Å². The Morgan fingerprint density at radius 3 is 3.07 bits per heavy atom. The van der Waals surface area contributed by atoms with Crippen LogP contribution in [0.2, 0.25) is 0 Å². The molecule has 0 radical (unpaired) electrons. The fourth-order valence-corrected chi connectivity index (χ4v) is 1.00. The predicted molar refractivity (Wildman–Crippen MR) is 56.5 cm³/mol. The summed E-state index contributed by atoms with van der Waals surface area (Å²) in [5, 5.41) is 8.78. The standard InChI is InChI=1S/C10H9NO2S/c12-10(13)9-8(4-1-2-7-14)5-3-6-11-9/h3,5-6,14H,2,7H2,(H,12,13). The molecule has 0 aliphatic carbocycles. The van der Waals surface area contributed by atoms with Gasteiger partial charge in [-0.15, -0.1) is 0 Å². The Hall–Kier alpha value is -1.47. The lowest BCUT2D eigenvalue weighted by Crippen LogP contribution is -2.02. The minimum absolute atomic E-state index is 0.000774. The second kappa shape index (κ2) is 5.30. The highest BCUT2D eigenvalue weighted by Gasteiger charge is 2.07. The van der Waals surface area contributed by atoms with Crippen LogP contribution in [0, 0.1) is 11.8 Å². The molecular formula is C10H9NO2S. The van der Waals surface area contributed by atoms with E-state index in [-0.39, 0.29) is 5.69 Å². The molecule has 1 aromatic heterocycles. The van der Waals surface area contributed by atoms with Gasteiger partial charge in [0.1, 0.15) is 0 Å². The Bertz CT molecular complexity index is 393. The number of carbonyl (C=O) groups is 1. The first-order chi connectivity index (χ1) is 6.75. The van der Waals surface area contributed by atoms with Crippen molar-refractivity contribution in [1.29, 1.82) is 0 Å². The summed E-state index contributed by atoms with van der Waals surface area (Å²) in [4.78, 5) is 14.4. The van der Waals surface area contributed by atoms with Crippen LogP contribution in [-0.4, -0.2) is 21.8 Å². The van der Waals surface area contributed by atoms with E-state index in [9.17, 15) is 4.79 Å². The van der Waals surface area contributed by atoms with Crippen molar-refractivity contribution in [3.8, 4) is 11.8 Å². The number of nitrogens with zero attached hydrogens (tertiary/aromatic N) is 1. The number of hydrogen-bond donors (Lipinski definition) is 2. The van der Waals surface area contributed by atoms with Gasteiger partial charge in [0.2, 0.25) is 0 Å². The van der Waals surface area contributed by atoms with E-state index < -0.39 is 5.97 Å². The molecule has 14 heavy (non-hydrogen) atoms. The number of pyridine rings is 1. The Balaban J connectivity index is 2.97. The summed E-state index contributed by atoms with van der Waals surface area (Å²) in [6.07, 6.45) is 2.07. The average Bonchev–Trinajstić information content (AvgIpc) is 2.19. The largest absolute Gasteiger partial charge is 0.476 e. The molecule has 4 heteroatoms. The number of aromatic carboxylic acids is 1. The van der Waals surface area contributed by atoms with Crippen LogP contribution in [0.5, 0.6) is 0 Å². The molecule has 3 nitrogen and oxygen atoms in total. The SMILES string of the molecule is O=C(O)c1ncccc1C#CCCS. The minimum Gasteiger partial charge on any atom is -0.476 e. The summed E-state index contributed by atoms with van der Waals surface area (Å²) in [6.45, 7) is 0. The van der Waals surface area contributed by atoms with E-state index in [1.54, 1.807) is 12.1 Å². The number of thiol groups is 1. The van der Waals surface area contributed by atoms with Gasteiger partial charge in [-0.05, 0) is 12.1 Å². The normalized spacial score (nSPS) is 8.93. The predicted octanol–water partition coefficient (Wildman–Crippen LogP) is 1.45. The molecule has 1 aromatic rings. The lowest BCUT2D eigenvalue weighted by atomic mass is 10.2. The molecule has 1 N–H and O–H groups in total. The molecule has 0 unspecified atom stereocenters. The fraction of sp³-hybridized carbons (Fsp3) is 0.200. The first kappa shape index (κ1) is 10.6. The first-order valence-corrected chi connectivity index (χ1v) is 4.67. The van der Waals surface area contributed by atoms with Crippen LogP contribution in [0.3, 0.4) is 0 Å². The molecule has 0 atom stereocenters. The monoisotopic (exact) mass is 207 g/mol. The van der Waals surface area contributed by atoms with Crippen LogP contribution in [-0.2, 0) is 0 Å². The summed E-state index contributed by atoms with van der Waals surface area (Å²) in [6, 6.07) is 3.30. The van der Waals surface area contributed by atoms with Crippen LogP contribution in [0.1, 0.15) is 22.5 Å². The molecular weight excluding hydrogens is 198 g/mol. The van der Waals surface area contributed by atoms with Gasteiger partial charge in [-0.3, -0.25) is 0 Å². The van der Waals surface area contributed by atoms with Crippen LogP contribution in [0.4, 0.5) is 0 Å². The van der Waals surface area contributed by atoms with E-state index in [4.69, 9.17) is 5.11 Å². The summed E-state index contributed by atoms with van der Waals surface area (Å²) >= 11 is 4.00. The third-order valence-electron chi connectivity index (χ3n) is 1.47. The van der Waals surface area contributed by atoms with Gasteiger partial charge >= 0.3 is 5.97 Å². The van der Waals surface area contributed by atoms with E-state index in [1.165, 1.54) is 6.20 Å². The Morgan fingerprint density at radius 1 is 1.64 bits per heavy atom. The molecule has 0 saturated heterocycles. The first-order valence-electron chi connectivity index (χ1n) is 4.03. The van der Waals surface area contributed by atoms with E-state index in [1.807, 2.05) is 0 Å². The van der Waals surface area contributed by atoms with Gasteiger partial charge in [-0.2, -0.15) is 12.6 Å². The highest BCUT2D eigenvalue weighted by atomic mass is 32.1. The fourth-order valence-electron chi connectivity index (χ4n) is 0.890. The second-order valence-electron chi connectivity index (χ2n) is 2.48. The number of carboxylic acid groups (broad SMARTS) is 1. The van der Waals surface area contributed by atoms with Crippen molar-refractivity contribution in [2.24, 2.45) is 0 Å². The van der Waals surface area contributed by atoms with Crippen molar-refractivity contribution in [3.05, 3.63) is 29.6 Å². The lowest BCUT2D eigenvalue weighted by molar-refractivity contribution is 0.0690. The smallest absolute Gasteiger partial charge is 0.355 e. The van der Waals surface area contributed by atoms with Crippen LogP contribution < -0.4 is 0 Å². The van der Waals surface area contributed by atoms with Crippen LogP contribution >= 0.6 is 12.6 Å². The molecule has 72 valence electrons. The summed E-state index contributed by atoms with van der Waals surface area (Å²) < 4.78 is 0. The quantitative estimate of drug-likeness (QED) is 0.570. The van der Waals surface area contributed by atoms with Gasteiger partial charge in [-0.1, -0.05) is 11.8 Å². The molecule has 1 rings (SSSR count). The number of aromatic nitrogens is 1. The van der Waals surface area contributed by atoms with Crippen LogP contribution in [0.25, 0.3) is 0 Å². The maximum atomic E-state index is 10.7.